The third-order valence-electron chi connectivity index (χ3n) is 4.51. The van der Waals surface area contributed by atoms with Gasteiger partial charge in [-0.3, -0.25) is 14.4 Å². The third-order valence-corrected chi connectivity index (χ3v) is 4.51. The number of allylic oxidation sites excluding steroid dienone is 2. The topological polar surface area (TPSA) is 86.7 Å². The van der Waals surface area contributed by atoms with Crippen LogP contribution in [0.2, 0.25) is 0 Å². The molecule has 1 aliphatic rings. The Morgan fingerprint density at radius 3 is 2.36 bits per heavy atom. The van der Waals surface area contributed by atoms with Crippen LogP contribution in [0.3, 0.4) is 0 Å². The lowest BCUT2D eigenvalue weighted by molar-refractivity contribution is -0.146. The van der Waals surface area contributed by atoms with Gasteiger partial charge >= 0.3 is 5.97 Å². The van der Waals surface area contributed by atoms with Gasteiger partial charge in [-0.25, -0.2) is 0 Å². The predicted octanol–water partition coefficient (Wildman–Crippen LogP) is 2.77. The molecule has 134 valence electrons. The predicted molar refractivity (Wildman–Crippen MR) is 95.3 cm³/mol. The van der Waals surface area contributed by atoms with Crippen molar-refractivity contribution in [3.8, 4) is 0 Å². The lowest BCUT2D eigenvalue weighted by atomic mass is 9.82. The molecule has 0 saturated carbocycles. The molecule has 0 spiro atoms. The van der Waals surface area contributed by atoms with Crippen molar-refractivity contribution in [3.05, 3.63) is 42.0 Å². The molecule has 0 aliphatic heterocycles. The zero-order chi connectivity index (χ0) is 18.4. The highest BCUT2D eigenvalue weighted by Gasteiger charge is 2.34. The van der Waals surface area contributed by atoms with E-state index >= 15 is 0 Å². The van der Waals surface area contributed by atoms with Crippen molar-refractivity contribution >= 4 is 23.5 Å². The molecule has 2 N–H and O–H groups in total. The summed E-state index contributed by atoms with van der Waals surface area (Å²) in [6, 6.07) is 6.75. The number of benzene rings is 1. The van der Waals surface area contributed by atoms with Gasteiger partial charge in [0.2, 0.25) is 5.91 Å². The number of anilines is 1. The molecule has 0 saturated heterocycles. The molecule has 6 heteroatoms. The van der Waals surface area contributed by atoms with Gasteiger partial charge in [0.15, 0.2) is 0 Å². The highest BCUT2D eigenvalue weighted by atomic mass is 16.4. The van der Waals surface area contributed by atoms with Gasteiger partial charge in [0.1, 0.15) is 0 Å². The molecule has 1 aliphatic carbocycles. The molecule has 0 fully saturated rings. The molecule has 0 unspecified atom stereocenters. The number of hydrogen-bond acceptors (Lipinski definition) is 3. The first-order valence-corrected chi connectivity index (χ1v) is 8.55. The first kappa shape index (κ1) is 18.7. The minimum atomic E-state index is -0.963. The summed E-state index contributed by atoms with van der Waals surface area (Å²) in [4.78, 5) is 38.0. The Morgan fingerprint density at radius 2 is 1.76 bits per heavy atom. The van der Waals surface area contributed by atoms with E-state index < -0.39 is 17.8 Å². The van der Waals surface area contributed by atoms with E-state index in [0.29, 0.717) is 37.2 Å². The Bertz CT molecular complexity index is 680. The molecule has 0 radical (unpaired) electrons. The second-order valence-electron chi connectivity index (χ2n) is 6.04. The maximum Gasteiger partial charge on any atom is 0.307 e. The summed E-state index contributed by atoms with van der Waals surface area (Å²) in [6.45, 7) is 5.05. The highest BCUT2D eigenvalue weighted by Crippen LogP contribution is 2.27. The highest BCUT2D eigenvalue weighted by molar-refractivity contribution is 5.98. The van der Waals surface area contributed by atoms with E-state index in [4.69, 9.17) is 0 Å². The Kier molecular flexibility index (Phi) is 6.33. The zero-order valence-electron chi connectivity index (χ0n) is 14.6. The molecule has 1 aromatic carbocycles. The van der Waals surface area contributed by atoms with Gasteiger partial charge in [-0.15, -0.1) is 0 Å². The van der Waals surface area contributed by atoms with Crippen molar-refractivity contribution in [1.29, 1.82) is 0 Å². The van der Waals surface area contributed by atoms with Crippen LogP contribution in [0.1, 0.15) is 37.0 Å². The number of rotatable bonds is 6. The summed E-state index contributed by atoms with van der Waals surface area (Å²) in [6.07, 6.45) is 4.39. The molecule has 0 aromatic heterocycles. The third kappa shape index (κ3) is 4.47. The Morgan fingerprint density at radius 1 is 1.12 bits per heavy atom. The SMILES string of the molecule is CCN(CC)C(=O)c1cccc(NC(=O)[C@@H]2CC=CC[C@H]2C(=O)O)c1. The van der Waals surface area contributed by atoms with E-state index in [9.17, 15) is 19.5 Å². The Hall–Kier alpha value is -2.63. The molecule has 1 aromatic rings. The zero-order valence-corrected chi connectivity index (χ0v) is 14.6. The number of nitrogens with one attached hydrogen (secondary N) is 1. The van der Waals surface area contributed by atoms with Crippen LogP contribution >= 0.6 is 0 Å². The molecule has 2 amide bonds. The van der Waals surface area contributed by atoms with E-state index in [0.717, 1.165) is 0 Å². The van der Waals surface area contributed by atoms with Crippen LogP contribution in [0.25, 0.3) is 0 Å². The standard InChI is InChI=1S/C19H24N2O4/c1-3-21(4-2)18(23)13-8-7-9-14(12-13)20-17(22)15-10-5-6-11-16(15)19(24)25/h5-9,12,15-16H,3-4,10-11H2,1-2H3,(H,20,22)(H,24,25)/t15-,16-/m1/s1. The summed E-state index contributed by atoms with van der Waals surface area (Å²) in [5.74, 6) is -2.71. The van der Waals surface area contributed by atoms with Crippen molar-refractivity contribution in [2.45, 2.75) is 26.7 Å². The van der Waals surface area contributed by atoms with Crippen molar-refractivity contribution in [3.63, 3.8) is 0 Å². The van der Waals surface area contributed by atoms with E-state index in [-0.39, 0.29) is 11.8 Å². The van der Waals surface area contributed by atoms with Gasteiger partial charge in [-0.1, -0.05) is 18.2 Å². The first-order chi connectivity index (χ1) is 12.0. The Labute approximate surface area is 147 Å². The van der Waals surface area contributed by atoms with Crippen LogP contribution < -0.4 is 5.32 Å². The molecule has 0 heterocycles. The second-order valence-corrected chi connectivity index (χ2v) is 6.04. The Balaban J connectivity index is 2.13. The number of nitrogens with zero attached hydrogens (tertiary/aromatic N) is 1. The number of carboxylic acid groups (broad SMARTS) is 1. The van der Waals surface area contributed by atoms with E-state index in [1.54, 1.807) is 35.2 Å². The van der Waals surface area contributed by atoms with Gasteiger partial charge in [0, 0.05) is 24.3 Å². The minimum absolute atomic E-state index is 0.0925. The summed E-state index contributed by atoms with van der Waals surface area (Å²) in [7, 11) is 0. The maximum atomic E-state index is 12.5. The smallest absolute Gasteiger partial charge is 0.307 e. The number of hydrogen-bond donors (Lipinski definition) is 2. The number of carbonyl (C=O) groups is 3. The maximum absolute atomic E-state index is 12.5. The van der Waals surface area contributed by atoms with Crippen LogP contribution in [0.5, 0.6) is 0 Å². The van der Waals surface area contributed by atoms with Gasteiger partial charge in [0.25, 0.3) is 5.91 Å². The van der Waals surface area contributed by atoms with Crippen molar-refractivity contribution < 1.29 is 19.5 Å². The average molecular weight is 344 g/mol. The summed E-state index contributed by atoms with van der Waals surface area (Å²) in [5, 5.41) is 12.1. The van der Waals surface area contributed by atoms with Gasteiger partial charge < -0.3 is 15.3 Å². The molecule has 2 rings (SSSR count). The monoisotopic (exact) mass is 344 g/mol. The fourth-order valence-electron chi connectivity index (χ4n) is 3.04. The van der Waals surface area contributed by atoms with E-state index in [1.807, 2.05) is 19.9 Å². The fourth-order valence-corrected chi connectivity index (χ4v) is 3.04. The normalized spacial score (nSPS) is 19.3. The van der Waals surface area contributed by atoms with Crippen molar-refractivity contribution in [1.82, 2.24) is 4.90 Å². The summed E-state index contributed by atoms with van der Waals surface area (Å²) < 4.78 is 0. The molecule has 0 bridgehead atoms. The van der Waals surface area contributed by atoms with Crippen LogP contribution in [0.4, 0.5) is 5.69 Å². The number of amides is 2. The van der Waals surface area contributed by atoms with Crippen LogP contribution in [-0.2, 0) is 9.59 Å². The van der Waals surface area contributed by atoms with Crippen LogP contribution in [0, 0.1) is 11.8 Å². The molecule has 2 atom stereocenters. The van der Waals surface area contributed by atoms with Crippen molar-refractivity contribution in [2.24, 2.45) is 11.8 Å². The van der Waals surface area contributed by atoms with Crippen molar-refractivity contribution in [2.75, 3.05) is 18.4 Å². The molecule has 25 heavy (non-hydrogen) atoms. The average Bonchev–Trinajstić information content (AvgIpc) is 2.62. The molecular formula is C19H24N2O4. The summed E-state index contributed by atoms with van der Waals surface area (Å²) in [5.41, 5.74) is 1.00. The quantitative estimate of drug-likeness (QED) is 0.777. The van der Waals surface area contributed by atoms with Gasteiger partial charge in [0.05, 0.1) is 11.8 Å². The summed E-state index contributed by atoms with van der Waals surface area (Å²) >= 11 is 0. The molecular weight excluding hydrogens is 320 g/mol. The van der Waals surface area contributed by atoms with Crippen LogP contribution in [-0.4, -0.2) is 40.9 Å². The van der Waals surface area contributed by atoms with E-state index in [2.05, 4.69) is 5.32 Å². The lowest BCUT2D eigenvalue weighted by Crippen LogP contribution is -2.35. The fraction of sp³-hybridized carbons (Fsp3) is 0.421. The van der Waals surface area contributed by atoms with Gasteiger partial charge in [-0.05, 0) is 44.9 Å². The lowest BCUT2D eigenvalue weighted by Gasteiger charge is -2.24. The first-order valence-electron chi connectivity index (χ1n) is 8.55. The minimum Gasteiger partial charge on any atom is -0.481 e. The van der Waals surface area contributed by atoms with E-state index in [1.165, 1.54) is 0 Å². The number of aliphatic carboxylic acids is 1. The second kappa shape index (κ2) is 8.46. The molecule has 6 nitrogen and oxygen atoms in total. The largest absolute Gasteiger partial charge is 0.481 e. The number of carbonyl (C=O) groups excluding carboxylic acids is 2. The van der Waals surface area contributed by atoms with Crippen LogP contribution in [0.15, 0.2) is 36.4 Å². The van der Waals surface area contributed by atoms with Gasteiger partial charge in [-0.2, -0.15) is 0 Å². The number of carboxylic acids is 1.